The van der Waals surface area contributed by atoms with Crippen molar-refractivity contribution in [1.29, 1.82) is 0 Å². The van der Waals surface area contributed by atoms with Crippen LogP contribution in [0.5, 0.6) is 0 Å². The number of unbranched alkanes of at least 4 members (excludes halogenated alkanes) is 8. The minimum Gasteiger partial charge on any atom is -0.790 e. The molecule has 0 fully saturated rings. The predicted octanol–water partition coefficient (Wildman–Crippen LogP) is -4.18. The molecule has 0 aromatic rings. The maximum absolute atomic E-state index is 11.9. The Bertz CT molecular complexity index is 1110. The Labute approximate surface area is 270 Å². The molecule has 0 amide bonds. The number of ether oxygens (including phenoxy) is 2. The van der Waals surface area contributed by atoms with Gasteiger partial charge in [-0.3, -0.25) is 4.79 Å². The van der Waals surface area contributed by atoms with Crippen molar-refractivity contribution >= 4 is 19.8 Å². The number of carbonyl (C=O) groups is 2. The van der Waals surface area contributed by atoms with Crippen LogP contribution in [-0.4, -0.2) is 24.8 Å². The SMILES string of the molecule is C#CC#CC#CC#CC#CC#CC(=O)OC[C@H](OC(=O)CCCCCCCCCCC)OP(=O)([O-])[O-].[Na+].[Na+]. The number of hydrogen-bond donors (Lipinski definition) is 0. The minimum absolute atomic E-state index is 0. The molecule has 0 radical (unpaired) electrons. The van der Waals surface area contributed by atoms with Crippen molar-refractivity contribution in [2.75, 3.05) is 6.61 Å². The number of carbonyl (C=O) groups excluding carboxylic acids is 2. The molecule has 11 heteroatoms. The second-order valence-corrected chi connectivity index (χ2v) is 8.15. The van der Waals surface area contributed by atoms with Gasteiger partial charge in [0, 0.05) is 12.3 Å². The molecule has 0 unspecified atom stereocenters. The van der Waals surface area contributed by atoms with Gasteiger partial charge in [-0.25, -0.2) is 4.79 Å². The van der Waals surface area contributed by atoms with Crippen LogP contribution in [0.3, 0.4) is 0 Å². The van der Waals surface area contributed by atoms with E-state index < -0.39 is 32.7 Å². The van der Waals surface area contributed by atoms with Crippen LogP contribution in [0.15, 0.2) is 0 Å². The number of hydrogen-bond acceptors (Lipinski definition) is 8. The molecule has 0 heterocycles. The van der Waals surface area contributed by atoms with Gasteiger partial charge >= 0.3 is 71.1 Å². The Morgan fingerprint density at radius 2 is 1.26 bits per heavy atom. The molecule has 0 bridgehead atoms. The van der Waals surface area contributed by atoms with Crippen molar-refractivity contribution in [3.8, 4) is 71.5 Å². The molecule has 0 aromatic heterocycles. The molecule has 190 valence electrons. The molecule has 0 N–H and O–H groups in total. The average Bonchev–Trinajstić information content (AvgIpc) is 2.81. The van der Waals surface area contributed by atoms with Crippen molar-refractivity contribution in [3.05, 3.63) is 0 Å². The number of esters is 2. The van der Waals surface area contributed by atoms with Crippen LogP contribution in [0.1, 0.15) is 71.1 Å². The van der Waals surface area contributed by atoms with Gasteiger partial charge in [0.15, 0.2) is 6.61 Å². The van der Waals surface area contributed by atoms with Gasteiger partial charge in [-0.1, -0.05) is 58.3 Å². The first-order valence-corrected chi connectivity index (χ1v) is 12.8. The Morgan fingerprint density at radius 1 is 0.789 bits per heavy atom. The van der Waals surface area contributed by atoms with E-state index in [4.69, 9.17) is 11.2 Å². The van der Waals surface area contributed by atoms with E-state index in [9.17, 15) is 23.9 Å². The third-order valence-electron chi connectivity index (χ3n) is 4.08. The van der Waals surface area contributed by atoms with Gasteiger partial charge in [0.05, 0.1) is 7.82 Å². The first-order chi connectivity index (χ1) is 17.3. The summed E-state index contributed by atoms with van der Waals surface area (Å²) in [4.78, 5) is 45.4. The van der Waals surface area contributed by atoms with Gasteiger partial charge in [0.1, 0.15) is 0 Å². The summed E-state index contributed by atoms with van der Waals surface area (Å²) in [6.07, 6.45) is 12.4. The maximum atomic E-state index is 11.9. The van der Waals surface area contributed by atoms with Crippen LogP contribution >= 0.6 is 7.82 Å². The van der Waals surface area contributed by atoms with E-state index in [0.29, 0.717) is 6.42 Å². The number of phosphoric ester groups is 1. The van der Waals surface area contributed by atoms with Gasteiger partial charge in [-0.15, -0.1) is 6.42 Å². The monoisotopic (exact) mass is 556 g/mol. The second kappa shape index (κ2) is 28.4. The van der Waals surface area contributed by atoms with Gasteiger partial charge in [-0.2, -0.15) is 0 Å². The zero-order valence-corrected chi connectivity index (χ0v) is 27.0. The third-order valence-corrected chi connectivity index (χ3v) is 4.57. The van der Waals surface area contributed by atoms with E-state index in [2.05, 4.69) is 75.4 Å². The van der Waals surface area contributed by atoms with Crippen molar-refractivity contribution in [2.24, 2.45) is 0 Å². The topological polar surface area (TPSA) is 125 Å². The third kappa shape index (κ3) is 30.6. The molecule has 1 atom stereocenters. The van der Waals surface area contributed by atoms with Crippen molar-refractivity contribution in [2.45, 2.75) is 77.4 Å². The molecule has 0 aliphatic carbocycles. The Balaban J connectivity index is -0.00000612. The first-order valence-electron chi connectivity index (χ1n) is 11.3. The molecule has 0 aliphatic rings. The standard InChI is InChI=1S/C27H29O8P.2Na/c1-3-5-7-9-11-13-15-16-18-20-22-25(28)33-24-27(35-36(30,31)32)34-26(29)23-21-19-17-14-12-10-8-6-4-2;;/h1,27H,4,6,8,10,12,14,17,19,21,23-24H2,2H3,(H2,30,31,32);;/q;2*+1/p-2/t27-;;/m1../s1. The summed E-state index contributed by atoms with van der Waals surface area (Å²) in [7, 11) is -5.51. The molecule has 8 nitrogen and oxygen atoms in total. The van der Waals surface area contributed by atoms with Crippen LogP contribution in [0, 0.1) is 71.5 Å². The molecular weight excluding hydrogens is 529 g/mol. The predicted molar refractivity (Wildman–Crippen MR) is 129 cm³/mol. The van der Waals surface area contributed by atoms with Gasteiger partial charge < -0.3 is 28.3 Å². The van der Waals surface area contributed by atoms with Crippen LogP contribution in [0.2, 0.25) is 0 Å². The fraction of sp³-hybridized carbons (Fsp3) is 0.481. The summed E-state index contributed by atoms with van der Waals surface area (Å²) in [5, 5.41) is 0. The smallest absolute Gasteiger partial charge is 0.790 e. The van der Waals surface area contributed by atoms with E-state index in [1.807, 2.05) is 5.92 Å². The summed E-state index contributed by atoms with van der Waals surface area (Å²) >= 11 is 0. The number of phosphoric acid groups is 1. The van der Waals surface area contributed by atoms with Crippen molar-refractivity contribution < 1.29 is 97.1 Å². The Kier molecular flexibility index (Phi) is 30.6. The Morgan fingerprint density at radius 3 is 1.76 bits per heavy atom. The molecule has 0 saturated carbocycles. The average molecular weight is 556 g/mol. The molecule has 0 spiro atoms. The van der Waals surface area contributed by atoms with Gasteiger partial charge in [0.2, 0.25) is 6.29 Å². The van der Waals surface area contributed by atoms with Crippen LogP contribution in [-0.2, 0) is 28.2 Å². The van der Waals surface area contributed by atoms with E-state index in [1.165, 1.54) is 25.7 Å². The molecule has 38 heavy (non-hydrogen) atoms. The largest absolute Gasteiger partial charge is 1.00 e. The minimum atomic E-state index is -5.51. The summed E-state index contributed by atoms with van der Waals surface area (Å²) in [6, 6.07) is 0. The van der Waals surface area contributed by atoms with E-state index in [0.717, 1.165) is 25.7 Å². The summed E-state index contributed by atoms with van der Waals surface area (Å²) in [5.74, 6) is 22.9. The van der Waals surface area contributed by atoms with E-state index in [1.54, 1.807) is 0 Å². The fourth-order valence-electron chi connectivity index (χ4n) is 2.53. The van der Waals surface area contributed by atoms with Crippen LogP contribution in [0.4, 0.5) is 0 Å². The zero-order valence-electron chi connectivity index (χ0n) is 22.1. The summed E-state index contributed by atoms with van der Waals surface area (Å²) in [5.41, 5.74) is 0. The fourth-order valence-corrected chi connectivity index (χ4v) is 2.92. The zero-order chi connectivity index (χ0) is 26.9. The van der Waals surface area contributed by atoms with E-state index in [-0.39, 0.29) is 65.5 Å². The second-order valence-electron chi connectivity index (χ2n) is 7.04. The molecule has 0 aliphatic heterocycles. The van der Waals surface area contributed by atoms with Crippen LogP contribution in [0.25, 0.3) is 0 Å². The maximum Gasteiger partial charge on any atom is 1.00 e. The van der Waals surface area contributed by atoms with Crippen LogP contribution < -0.4 is 68.9 Å². The first kappa shape index (κ1) is 40.9. The quantitative estimate of drug-likeness (QED) is 0.0379. The number of terminal acetylenes is 1. The normalized spacial score (nSPS) is 9.42. The molecular formula is C27H27Na2O8P. The van der Waals surface area contributed by atoms with Crippen molar-refractivity contribution in [3.63, 3.8) is 0 Å². The molecule has 0 rings (SSSR count). The van der Waals surface area contributed by atoms with E-state index >= 15 is 0 Å². The number of rotatable bonds is 15. The Hall–Kier alpha value is -1.59. The summed E-state index contributed by atoms with van der Waals surface area (Å²) in [6.45, 7) is 1.32. The van der Waals surface area contributed by atoms with Gasteiger partial charge in [0.25, 0.3) is 0 Å². The van der Waals surface area contributed by atoms with Gasteiger partial charge in [-0.05, 0) is 65.6 Å². The molecule has 0 saturated heterocycles. The van der Waals surface area contributed by atoms with Crippen molar-refractivity contribution in [1.82, 2.24) is 0 Å². The molecule has 0 aromatic carbocycles. The summed E-state index contributed by atoms with van der Waals surface area (Å²) < 4.78 is 24.5.